The normalized spacial score (nSPS) is 18.0. The third-order valence-electron chi connectivity index (χ3n) is 5.95. The molecule has 39 heavy (non-hydrogen) atoms. The number of benzene rings is 1. The van der Waals surface area contributed by atoms with E-state index in [1.807, 2.05) is 0 Å². The Bertz CT molecular complexity index is 1220. The van der Waals surface area contributed by atoms with Gasteiger partial charge in [0.1, 0.15) is 24.0 Å². The van der Waals surface area contributed by atoms with Crippen LogP contribution < -0.4 is 30.2 Å². The summed E-state index contributed by atoms with van der Waals surface area (Å²) in [4.78, 5) is 57.2. The van der Waals surface area contributed by atoms with Crippen LogP contribution >= 0.6 is 0 Å². The quantitative estimate of drug-likeness (QED) is 0.403. The number of nitrogens with one attached hydrogen (secondary N) is 3. The van der Waals surface area contributed by atoms with E-state index in [2.05, 4.69) is 20.9 Å². The van der Waals surface area contributed by atoms with E-state index < -0.39 is 35.8 Å². The molecule has 2 bridgehead atoms. The van der Waals surface area contributed by atoms with Crippen LogP contribution in [0, 0.1) is 6.92 Å². The number of fused-ring (bicyclic) bond motifs is 2. The molecule has 2 heterocycles. The number of hydrogen-bond acceptors (Lipinski definition) is 9. The van der Waals surface area contributed by atoms with Crippen molar-refractivity contribution in [3.63, 3.8) is 0 Å². The average Bonchev–Trinajstić information content (AvgIpc) is 2.92. The minimum absolute atomic E-state index is 0.00888. The van der Waals surface area contributed by atoms with Crippen LogP contribution in [0.5, 0.6) is 17.5 Å². The number of carbonyl (C=O) groups is 4. The molecule has 0 unspecified atom stereocenters. The Morgan fingerprint density at radius 1 is 1.13 bits per heavy atom. The molecular weight excluding hydrogens is 510 g/mol. The smallest absolute Gasteiger partial charge is 0.259 e. The predicted molar refractivity (Wildman–Crippen MR) is 139 cm³/mol. The molecule has 2 atom stereocenters. The zero-order chi connectivity index (χ0) is 28.5. The number of hydrogen-bond donors (Lipinski definition) is 4. The lowest BCUT2D eigenvalue weighted by atomic mass is 10.1. The maximum atomic E-state index is 13.4. The van der Waals surface area contributed by atoms with Gasteiger partial charge in [-0.2, -0.15) is 4.98 Å². The lowest BCUT2D eigenvalue weighted by molar-refractivity contribution is -0.125. The summed E-state index contributed by atoms with van der Waals surface area (Å²) < 4.78 is 16.1. The predicted octanol–water partition coefficient (Wildman–Crippen LogP) is -0.346. The summed E-state index contributed by atoms with van der Waals surface area (Å²) in [6, 6.07) is 6.49. The second kappa shape index (κ2) is 13.4. The highest BCUT2D eigenvalue weighted by Gasteiger charge is 2.28. The third-order valence-corrected chi connectivity index (χ3v) is 5.95. The molecule has 1 aliphatic heterocycles. The number of nitrogens with zero attached hydrogens (tertiary/aromatic N) is 2. The molecule has 210 valence electrons. The fourth-order valence-corrected chi connectivity index (χ4v) is 3.81. The second-order valence-corrected chi connectivity index (χ2v) is 8.80. The molecule has 0 spiro atoms. The van der Waals surface area contributed by atoms with Crippen LogP contribution in [-0.2, 0) is 9.59 Å². The number of aryl methyl sites for hydroxylation is 1. The number of methoxy groups -OCH3 is 2. The summed E-state index contributed by atoms with van der Waals surface area (Å²) in [5.41, 5.74) is 1.09. The molecule has 3 rings (SSSR count). The number of aliphatic hydroxyl groups excluding tert-OH is 1. The summed E-state index contributed by atoms with van der Waals surface area (Å²) in [7, 11) is 2.78. The van der Waals surface area contributed by atoms with Crippen molar-refractivity contribution in [2.75, 3.05) is 47.0 Å². The van der Waals surface area contributed by atoms with Crippen LogP contribution in [0.3, 0.4) is 0 Å². The van der Waals surface area contributed by atoms with Gasteiger partial charge in [-0.05, 0) is 37.6 Å². The molecule has 0 fully saturated rings. The van der Waals surface area contributed by atoms with Crippen molar-refractivity contribution in [1.82, 2.24) is 25.8 Å². The number of rotatable bonds is 4. The number of amides is 4. The van der Waals surface area contributed by atoms with Crippen molar-refractivity contribution in [2.45, 2.75) is 26.0 Å². The summed E-state index contributed by atoms with van der Waals surface area (Å²) in [5, 5.41) is 18.0. The first kappa shape index (κ1) is 29.2. The highest BCUT2D eigenvalue weighted by molar-refractivity contribution is 5.99. The molecule has 13 nitrogen and oxygen atoms in total. The van der Waals surface area contributed by atoms with Gasteiger partial charge in [-0.25, -0.2) is 0 Å². The van der Waals surface area contributed by atoms with Crippen LogP contribution in [0.25, 0.3) is 0 Å². The van der Waals surface area contributed by atoms with Gasteiger partial charge >= 0.3 is 0 Å². The van der Waals surface area contributed by atoms with Gasteiger partial charge in [0.05, 0.1) is 33.4 Å². The van der Waals surface area contributed by atoms with Crippen molar-refractivity contribution in [1.29, 1.82) is 0 Å². The van der Waals surface area contributed by atoms with Gasteiger partial charge in [-0.3, -0.25) is 19.2 Å². The van der Waals surface area contributed by atoms with E-state index in [0.29, 0.717) is 5.75 Å². The number of carbonyl (C=O) groups excluding carboxylic acids is 4. The Labute approximate surface area is 225 Å². The van der Waals surface area contributed by atoms with Crippen LogP contribution in [0.2, 0.25) is 0 Å². The Hall–Kier alpha value is -4.39. The molecule has 1 aromatic heterocycles. The SMILES string of the molecule is COc1ccc(C(=O)N2CCNC(=O)[C@H]([C@@H](C)O)NC(=O)c3ccc(C)c(c3)OCCNC(=O)C2)c(OC)n1. The van der Waals surface area contributed by atoms with E-state index in [4.69, 9.17) is 14.2 Å². The zero-order valence-corrected chi connectivity index (χ0v) is 22.3. The summed E-state index contributed by atoms with van der Waals surface area (Å²) in [5.74, 6) is -1.57. The summed E-state index contributed by atoms with van der Waals surface area (Å²) in [6.45, 7) is 2.97. The first-order valence-corrected chi connectivity index (χ1v) is 12.3. The first-order chi connectivity index (χ1) is 18.6. The van der Waals surface area contributed by atoms with Gasteiger partial charge in [0.2, 0.25) is 23.6 Å². The Balaban J connectivity index is 1.86. The molecule has 0 saturated heterocycles. The van der Waals surface area contributed by atoms with E-state index in [9.17, 15) is 24.3 Å². The molecule has 0 aliphatic carbocycles. The number of pyridine rings is 1. The Morgan fingerprint density at radius 2 is 1.90 bits per heavy atom. The highest BCUT2D eigenvalue weighted by Crippen LogP contribution is 2.22. The minimum atomic E-state index is -1.27. The van der Waals surface area contributed by atoms with Crippen LogP contribution in [0.1, 0.15) is 33.2 Å². The molecule has 0 saturated carbocycles. The van der Waals surface area contributed by atoms with Gasteiger partial charge in [0.15, 0.2) is 0 Å². The average molecular weight is 544 g/mol. The highest BCUT2D eigenvalue weighted by atomic mass is 16.5. The molecule has 2 aromatic rings. The number of aliphatic hydroxyl groups is 1. The maximum absolute atomic E-state index is 13.4. The lowest BCUT2D eigenvalue weighted by Crippen LogP contribution is -2.53. The van der Waals surface area contributed by atoms with Gasteiger partial charge in [-0.15, -0.1) is 0 Å². The molecular formula is C26H33N5O8. The molecule has 1 aromatic carbocycles. The fraction of sp³-hybridized carbons (Fsp3) is 0.423. The van der Waals surface area contributed by atoms with Crippen molar-refractivity contribution in [3.8, 4) is 17.5 Å². The Kier molecular flexibility index (Phi) is 10.0. The van der Waals surface area contributed by atoms with Gasteiger partial charge < -0.3 is 40.2 Å². The van der Waals surface area contributed by atoms with Crippen molar-refractivity contribution in [2.24, 2.45) is 0 Å². The van der Waals surface area contributed by atoms with Gasteiger partial charge in [-0.1, -0.05) is 6.07 Å². The van der Waals surface area contributed by atoms with Crippen molar-refractivity contribution >= 4 is 23.6 Å². The summed E-state index contributed by atoms with van der Waals surface area (Å²) >= 11 is 0. The van der Waals surface area contributed by atoms with Crippen LogP contribution in [0.4, 0.5) is 0 Å². The largest absolute Gasteiger partial charge is 0.491 e. The van der Waals surface area contributed by atoms with E-state index in [1.165, 1.54) is 44.2 Å². The zero-order valence-electron chi connectivity index (χ0n) is 22.3. The minimum Gasteiger partial charge on any atom is -0.491 e. The molecule has 0 radical (unpaired) electrons. The van der Waals surface area contributed by atoms with Crippen molar-refractivity contribution in [3.05, 3.63) is 47.0 Å². The number of ether oxygens (including phenoxy) is 3. The van der Waals surface area contributed by atoms with E-state index in [1.54, 1.807) is 19.1 Å². The topological polar surface area (TPSA) is 168 Å². The summed E-state index contributed by atoms with van der Waals surface area (Å²) in [6.07, 6.45) is -1.21. The molecule has 4 N–H and O–H groups in total. The lowest BCUT2D eigenvalue weighted by Gasteiger charge is -2.25. The number of aromatic nitrogens is 1. The standard InChI is InChI=1S/C26H33N5O8/c1-15-5-6-17-13-19(15)39-12-10-27-20(33)14-31(11-9-28-24(35)22(16(2)32)30-23(17)34)26(36)18-7-8-21(37-3)29-25(18)38-4/h5-8,13,16,22,32H,9-12,14H2,1-4H3,(H,27,33)(H,28,35)(H,30,34)/t16-,22+/m1/s1. The van der Waals surface area contributed by atoms with E-state index >= 15 is 0 Å². The third kappa shape index (κ3) is 7.57. The fourth-order valence-electron chi connectivity index (χ4n) is 3.81. The molecule has 13 heteroatoms. The van der Waals surface area contributed by atoms with Crippen molar-refractivity contribution < 1.29 is 38.5 Å². The molecule has 1 aliphatic rings. The van der Waals surface area contributed by atoms with Gasteiger partial charge in [0.25, 0.3) is 11.8 Å². The van der Waals surface area contributed by atoms with Crippen LogP contribution in [-0.4, -0.2) is 97.8 Å². The van der Waals surface area contributed by atoms with Crippen LogP contribution in [0.15, 0.2) is 30.3 Å². The molecule has 4 amide bonds. The monoisotopic (exact) mass is 543 g/mol. The van der Waals surface area contributed by atoms with Gasteiger partial charge in [0, 0.05) is 24.7 Å². The second-order valence-electron chi connectivity index (χ2n) is 8.80. The van der Waals surface area contributed by atoms with E-state index in [-0.39, 0.29) is 55.7 Å². The Morgan fingerprint density at radius 3 is 2.59 bits per heavy atom. The first-order valence-electron chi connectivity index (χ1n) is 12.3. The van der Waals surface area contributed by atoms with E-state index in [0.717, 1.165) is 5.56 Å². The maximum Gasteiger partial charge on any atom is 0.259 e.